The van der Waals surface area contributed by atoms with Crippen LogP contribution in [0, 0.1) is 0 Å². The minimum Gasteiger partial charge on any atom is -0.344 e. The van der Waals surface area contributed by atoms with Crippen LogP contribution >= 0.6 is 11.3 Å². The van der Waals surface area contributed by atoms with E-state index in [1.807, 2.05) is 6.92 Å². The fourth-order valence-electron chi connectivity index (χ4n) is 3.63. The van der Waals surface area contributed by atoms with Gasteiger partial charge in [0.15, 0.2) is 0 Å². The molecule has 24 heavy (non-hydrogen) atoms. The molecule has 0 radical (unpaired) electrons. The van der Waals surface area contributed by atoms with E-state index in [0.29, 0.717) is 10.2 Å². The Labute approximate surface area is 144 Å². The second kappa shape index (κ2) is 5.55. The molecule has 0 saturated carbocycles. The number of aryl methyl sites for hydroxylation is 2. The molecule has 2 aliphatic carbocycles. The molecular weight excluding hydrogens is 322 g/mol. The van der Waals surface area contributed by atoms with Crippen LogP contribution in [0.3, 0.4) is 0 Å². The third-order valence-corrected chi connectivity index (χ3v) is 6.36. The third kappa shape index (κ3) is 2.59. The molecule has 1 amide bonds. The number of aromatic nitrogens is 2. The third-order valence-electron chi connectivity index (χ3n) is 5.18. The van der Waals surface area contributed by atoms with Crippen molar-refractivity contribution in [2.75, 3.05) is 0 Å². The van der Waals surface area contributed by atoms with E-state index < -0.39 is 0 Å². The maximum absolute atomic E-state index is 12.6. The molecule has 2 aliphatic rings. The van der Waals surface area contributed by atoms with Gasteiger partial charge in [0.2, 0.25) is 5.82 Å². The Morgan fingerprint density at radius 2 is 2.21 bits per heavy atom. The molecule has 126 valence electrons. The highest BCUT2D eigenvalue weighted by molar-refractivity contribution is 7.18. The van der Waals surface area contributed by atoms with Crippen LogP contribution in [0.4, 0.5) is 0 Å². The number of amides is 1. The Bertz CT molecular complexity index is 924. The summed E-state index contributed by atoms with van der Waals surface area (Å²) in [7, 11) is 0. The van der Waals surface area contributed by atoms with Crippen molar-refractivity contribution in [2.24, 2.45) is 0 Å². The summed E-state index contributed by atoms with van der Waals surface area (Å²) in [5, 5.41) is 3.75. The summed E-state index contributed by atoms with van der Waals surface area (Å²) >= 11 is 1.56. The highest BCUT2D eigenvalue weighted by Gasteiger charge is 2.29. The summed E-state index contributed by atoms with van der Waals surface area (Å²) < 4.78 is 0. The van der Waals surface area contributed by atoms with E-state index in [4.69, 9.17) is 0 Å². The van der Waals surface area contributed by atoms with Crippen molar-refractivity contribution in [3.05, 3.63) is 38.3 Å². The molecule has 2 aromatic heterocycles. The molecular formula is C18H21N3O2S. The highest BCUT2D eigenvalue weighted by Crippen LogP contribution is 2.34. The van der Waals surface area contributed by atoms with Gasteiger partial charge in [-0.15, -0.1) is 11.3 Å². The average Bonchev–Trinajstić information content (AvgIpc) is 3.10. The maximum Gasteiger partial charge on any atom is 0.287 e. The number of H-pyrrole nitrogens is 1. The number of nitrogens with zero attached hydrogens (tertiary/aromatic N) is 1. The van der Waals surface area contributed by atoms with Crippen molar-refractivity contribution < 1.29 is 4.79 Å². The smallest absolute Gasteiger partial charge is 0.287 e. The van der Waals surface area contributed by atoms with E-state index in [0.717, 1.165) is 44.1 Å². The van der Waals surface area contributed by atoms with Crippen LogP contribution in [-0.4, -0.2) is 21.4 Å². The first kappa shape index (κ1) is 15.6. The number of carbonyl (C=O) groups is 1. The first-order valence-corrected chi connectivity index (χ1v) is 9.29. The van der Waals surface area contributed by atoms with Crippen molar-refractivity contribution in [1.82, 2.24) is 15.3 Å². The van der Waals surface area contributed by atoms with E-state index in [1.54, 1.807) is 11.3 Å². The van der Waals surface area contributed by atoms with E-state index in [2.05, 4.69) is 28.3 Å². The van der Waals surface area contributed by atoms with Gasteiger partial charge in [-0.25, -0.2) is 4.98 Å². The quantitative estimate of drug-likeness (QED) is 0.823. The number of nitrogens with one attached hydrogen (secondary N) is 2. The van der Waals surface area contributed by atoms with Crippen LogP contribution < -0.4 is 10.9 Å². The number of rotatable bonds is 2. The van der Waals surface area contributed by atoms with Crippen LogP contribution in [-0.2, 0) is 12.8 Å². The summed E-state index contributed by atoms with van der Waals surface area (Å²) in [6.07, 6.45) is 7.93. The SMILES string of the molecule is CC1=CCC(C)(NC(=O)c2nc3sc4c(c3c(=O)[nH]2)CCC4)CC1. The molecule has 0 spiro atoms. The van der Waals surface area contributed by atoms with Gasteiger partial charge >= 0.3 is 0 Å². The first-order chi connectivity index (χ1) is 11.5. The van der Waals surface area contributed by atoms with Crippen LogP contribution in [0.25, 0.3) is 10.2 Å². The Hall–Kier alpha value is -1.95. The van der Waals surface area contributed by atoms with Crippen molar-refractivity contribution >= 4 is 27.5 Å². The largest absolute Gasteiger partial charge is 0.344 e. The lowest BCUT2D eigenvalue weighted by Gasteiger charge is -2.33. The lowest BCUT2D eigenvalue weighted by atomic mass is 9.84. The van der Waals surface area contributed by atoms with Crippen molar-refractivity contribution in [3.8, 4) is 0 Å². The van der Waals surface area contributed by atoms with Crippen LogP contribution in [0.15, 0.2) is 16.4 Å². The van der Waals surface area contributed by atoms with Gasteiger partial charge in [0.05, 0.1) is 5.39 Å². The Morgan fingerprint density at radius 3 is 2.96 bits per heavy atom. The number of allylic oxidation sites excluding steroid dienone is 1. The summed E-state index contributed by atoms with van der Waals surface area (Å²) in [4.78, 5) is 34.2. The van der Waals surface area contributed by atoms with Gasteiger partial charge in [-0.05, 0) is 57.9 Å². The molecule has 0 saturated heterocycles. The number of thiophene rings is 1. The van der Waals surface area contributed by atoms with Crippen molar-refractivity contribution in [3.63, 3.8) is 0 Å². The van der Waals surface area contributed by atoms with Crippen LogP contribution in [0.5, 0.6) is 0 Å². The lowest BCUT2D eigenvalue weighted by Crippen LogP contribution is -2.47. The predicted octanol–water partition coefficient (Wildman–Crippen LogP) is 3.09. The molecule has 1 atom stereocenters. The topological polar surface area (TPSA) is 74.8 Å². The van der Waals surface area contributed by atoms with Crippen LogP contribution in [0.1, 0.15) is 60.6 Å². The fourth-order valence-corrected chi connectivity index (χ4v) is 4.90. The highest BCUT2D eigenvalue weighted by atomic mass is 32.1. The normalized spacial score (nSPS) is 23.2. The van der Waals surface area contributed by atoms with Gasteiger partial charge in [-0.1, -0.05) is 11.6 Å². The Balaban J connectivity index is 1.65. The van der Waals surface area contributed by atoms with Gasteiger partial charge in [-0.3, -0.25) is 9.59 Å². The monoisotopic (exact) mass is 343 g/mol. The molecule has 0 aliphatic heterocycles. The van der Waals surface area contributed by atoms with Crippen molar-refractivity contribution in [2.45, 2.75) is 57.9 Å². The Kier molecular flexibility index (Phi) is 3.60. The second-order valence-corrected chi connectivity index (χ2v) is 8.31. The molecule has 2 N–H and O–H groups in total. The molecule has 5 nitrogen and oxygen atoms in total. The van der Waals surface area contributed by atoms with E-state index in [9.17, 15) is 9.59 Å². The summed E-state index contributed by atoms with van der Waals surface area (Å²) in [5.74, 6) is -0.169. The molecule has 4 rings (SSSR count). The maximum atomic E-state index is 12.6. The molecule has 0 aromatic carbocycles. The Morgan fingerprint density at radius 1 is 1.38 bits per heavy atom. The summed E-state index contributed by atoms with van der Waals surface area (Å²) in [5.41, 5.74) is 2.04. The van der Waals surface area contributed by atoms with Gasteiger partial charge < -0.3 is 10.3 Å². The molecule has 0 fully saturated rings. The van der Waals surface area contributed by atoms with E-state index in [-0.39, 0.29) is 22.8 Å². The van der Waals surface area contributed by atoms with E-state index in [1.165, 1.54) is 10.5 Å². The number of hydrogen-bond acceptors (Lipinski definition) is 4. The predicted molar refractivity (Wildman–Crippen MR) is 95.7 cm³/mol. The second-order valence-electron chi connectivity index (χ2n) is 7.22. The summed E-state index contributed by atoms with van der Waals surface area (Å²) in [6.45, 7) is 4.16. The number of fused-ring (bicyclic) bond motifs is 3. The molecule has 0 bridgehead atoms. The zero-order chi connectivity index (χ0) is 16.9. The number of hydrogen-bond donors (Lipinski definition) is 2. The zero-order valence-electron chi connectivity index (χ0n) is 14.0. The standard InChI is InChI=1S/C18H21N3O2S/c1-10-6-8-18(2,9-7-10)21-16(23)14-19-15(22)13-11-4-3-5-12(11)24-17(13)20-14/h6H,3-5,7-9H2,1-2H3,(H,21,23)(H,19,20,22). The first-order valence-electron chi connectivity index (χ1n) is 8.48. The lowest BCUT2D eigenvalue weighted by molar-refractivity contribution is 0.0889. The minimum atomic E-state index is -0.294. The zero-order valence-corrected chi connectivity index (χ0v) is 14.8. The molecule has 2 heterocycles. The number of aromatic amines is 1. The van der Waals surface area contributed by atoms with Crippen molar-refractivity contribution in [1.29, 1.82) is 0 Å². The van der Waals surface area contributed by atoms with Crippen LogP contribution in [0.2, 0.25) is 0 Å². The minimum absolute atomic E-state index is 0.125. The van der Waals surface area contributed by atoms with Gasteiger partial charge in [-0.2, -0.15) is 0 Å². The molecule has 2 aromatic rings. The van der Waals surface area contributed by atoms with Gasteiger partial charge in [0.25, 0.3) is 11.5 Å². The molecule has 6 heteroatoms. The summed E-state index contributed by atoms with van der Waals surface area (Å²) in [6, 6.07) is 0. The fraction of sp³-hybridized carbons (Fsp3) is 0.500. The number of carbonyl (C=O) groups excluding carboxylic acids is 1. The van der Waals surface area contributed by atoms with Gasteiger partial charge in [0, 0.05) is 10.4 Å². The molecule has 1 unspecified atom stereocenters. The van der Waals surface area contributed by atoms with E-state index >= 15 is 0 Å². The average molecular weight is 343 g/mol. The van der Waals surface area contributed by atoms with Gasteiger partial charge in [0.1, 0.15) is 4.83 Å².